The first-order valence-electron chi connectivity index (χ1n) is 4.61. The monoisotopic (exact) mass is 297 g/mol. The van der Waals surface area contributed by atoms with Gasteiger partial charge in [0.05, 0.1) is 0 Å². The molecular formula is C9H11ClF3N5O. The summed E-state index contributed by atoms with van der Waals surface area (Å²) < 4.78 is 39.3. The van der Waals surface area contributed by atoms with E-state index in [1.807, 2.05) is 0 Å². The highest BCUT2D eigenvalue weighted by Crippen LogP contribution is 2.24. The van der Waals surface area contributed by atoms with Crippen molar-refractivity contribution in [3.8, 4) is 5.75 Å². The highest BCUT2D eigenvalue weighted by atomic mass is 35.5. The molecule has 1 aromatic rings. The molecule has 0 bridgehead atoms. The van der Waals surface area contributed by atoms with Gasteiger partial charge in [-0.3, -0.25) is 0 Å². The molecule has 1 aromatic carbocycles. The van der Waals surface area contributed by atoms with Crippen LogP contribution in [-0.2, 0) is 0 Å². The maximum atomic E-state index is 11.9. The van der Waals surface area contributed by atoms with E-state index in [1.165, 1.54) is 12.1 Å². The molecule has 0 saturated heterocycles. The van der Waals surface area contributed by atoms with Gasteiger partial charge in [-0.05, 0) is 24.3 Å². The van der Waals surface area contributed by atoms with E-state index >= 15 is 0 Å². The third-order valence-corrected chi connectivity index (χ3v) is 1.59. The number of ether oxygens (including phenoxy) is 1. The molecule has 1 rings (SSSR count). The molecule has 0 aromatic heterocycles. The Morgan fingerprint density at radius 1 is 1.11 bits per heavy atom. The lowest BCUT2D eigenvalue weighted by Crippen LogP contribution is -3.00. The second-order valence-corrected chi connectivity index (χ2v) is 3.12. The van der Waals surface area contributed by atoms with Crippen molar-refractivity contribution in [3.05, 3.63) is 24.3 Å². The molecule has 0 unspecified atom stereocenters. The fraction of sp³-hybridized carbons (Fsp3) is 0.111. The summed E-state index contributed by atoms with van der Waals surface area (Å²) in [5.41, 5.74) is 15.9. The van der Waals surface area contributed by atoms with E-state index in [9.17, 15) is 13.2 Å². The second kappa shape index (κ2) is 6.69. The fourth-order valence-corrected chi connectivity index (χ4v) is 1.04. The smallest absolute Gasteiger partial charge is 0.573 e. The minimum atomic E-state index is -4.73. The van der Waals surface area contributed by atoms with Crippen LogP contribution in [0.1, 0.15) is 0 Å². The van der Waals surface area contributed by atoms with Gasteiger partial charge in [-0.15, -0.1) is 18.2 Å². The van der Waals surface area contributed by atoms with Crippen LogP contribution in [0.2, 0.25) is 0 Å². The lowest BCUT2D eigenvalue weighted by atomic mass is 10.3. The third-order valence-electron chi connectivity index (χ3n) is 1.59. The Morgan fingerprint density at radius 3 is 2.05 bits per heavy atom. The van der Waals surface area contributed by atoms with Gasteiger partial charge in [0.2, 0.25) is 0 Å². The molecule has 7 N–H and O–H groups in total. The number of benzene rings is 1. The van der Waals surface area contributed by atoms with Gasteiger partial charge in [0.1, 0.15) is 11.4 Å². The number of hydrogen-bond donors (Lipinski definition) is 4. The Bertz CT molecular complexity index is 468. The maximum Gasteiger partial charge on any atom is 0.573 e. The molecule has 0 fully saturated rings. The van der Waals surface area contributed by atoms with E-state index in [2.05, 4.69) is 14.7 Å². The molecule has 6 nitrogen and oxygen atoms in total. The predicted molar refractivity (Wildman–Crippen MR) is 58.8 cm³/mol. The molecule has 19 heavy (non-hydrogen) atoms. The SMILES string of the molecule is NC(=Nc1ccc(OC(F)(F)F)cc1)[NH+]=C(N)N.[Cl-]. The highest BCUT2D eigenvalue weighted by Gasteiger charge is 2.30. The van der Waals surface area contributed by atoms with Crippen molar-refractivity contribution in [2.45, 2.75) is 6.36 Å². The van der Waals surface area contributed by atoms with Gasteiger partial charge in [-0.25, -0.2) is 4.99 Å². The number of rotatable bonds is 2. The van der Waals surface area contributed by atoms with E-state index in [-0.39, 0.29) is 30.1 Å². The summed E-state index contributed by atoms with van der Waals surface area (Å²) in [6, 6.07) is 4.80. The van der Waals surface area contributed by atoms with Crippen molar-refractivity contribution >= 4 is 17.6 Å². The van der Waals surface area contributed by atoms with Crippen LogP contribution in [0, 0.1) is 0 Å². The largest absolute Gasteiger partial charge is 1.00 e. The Morgan fingerprint density at radius 2 is 1.63 bits per heavy atom. The van der Waals surface area contributed by atoms with Crippen LogP contribution in [0.4, 0.5) is 18.9 Å². The zero-order valence-corrected chi connectivity index (χ0v) is 10.2. The fourth-order valence-electron chi connectivity index (χ4n) is 1.04. The van der Waals surface area contributed by atoms with Crippen molar-refractivity contribution in [3.63, 3.8) is 0 Å². The quantitative estimate of drug-likeness (QED) is 0.328. The lowest BCUT2D eigenvalue weighted by molar-refractivity contribution is -0.320. The summed E-state index contributed by atoms with van der Waals surface area (Å²) in [4.78, 5) is 6.14. The van der Waals surface area contributed by atoms with E-state index in [1.54, 1.807) is 0 Å². The van der Waals surface area contributed by atoms with Crippen molar-refractivity contribution < 1.29 is 35.3 Å². The van der Waals surface area contributed by atoms with Crippen LogP contribution in [-0.4, -0.2) is 18.3 Å². The third kappa shape index (κ3) is 6.99. The maximum absolute atomic E-state index is 11.9. The van der Waals surface area contributed by atoms with Gasteiger partial charge in [-0.1, -0.05) is 0 Å². The Labute approximate surface area is 112 Å². The van der Waals surface area contributed by atoms with Crippen LogP contribution >= 0.6 is 0 Å². The van der Waals surface area contributed by atoms with E-state index in [0.29, 0.717) is 5.69 Å². The van der Waals surface area contributed by atoms with Gasteiger partial charge in [-0.2, -0.15) is 0 Å². The summed E-state index contributed by atoms with van der Waals surface area (Å²) >= 11 is 0. The van der Waals surface area contributed by atoms with Crippen LogP contribution < -0.4 is 39.3 Å². The van der Waals surface area contributed by atoms with Crippen molar-refractivity contribution in [2.75, 3.05) is 0 Å². The first kappa shape index (κ1) is 16.8. The standard InChI is InChI=1S/C9H10F3N5O.ClH/c10-9(11,12)18-6-3-1-5(2-4-6)16-8(15)17-7(13)14;/h1-4H,(H6,13,14,15,16,17);1H. The molecule has 0 aliphatic heterocycles. The molecule has 106 valence electrons. The minimum absolute atomic E-state index is 0. The number of alkyl halides is 3. The summed E-state index contributed by atoms with van der Waals surface area (Å²) in [7, 11) is 0. The number of hydrogen-bond acceptors (Lipinski definition) is 2. The number of nitrogens with zero attached hydrogens (tertiary/aromatic N) is 1. The molecule has 0 spiro atoms. The predicted octanol–water partition coefficient (Wildman–Crippen LogP) is -4.11. The number of nitrogens with two attached hydrogens (primary N) is 3. The molecule has 10 heteroatoms. The molecule has 0 amide bonds. The Balaban J connectivity index is 0.00000324. The first-order chi connectivity index (χ1) is 8.26. The zero-order chi connectivity index (χ0) is 13.8. The molecule has 0 aliphatic rings. The Kier molecular flexibility index (Phi) is 5.93. The van der Waals surface area contributed by atoms with Gasteiger partial charge < -0.3 is 34.3 Å². The normalized spacial score (nSPS) is 11.4. The minimum Gasteiger partial charge on any atom is -1.00 e. The summed E-state index contributed by atoms with van der Waals surface area (Å²) in [6.45, 7) is 0. The van der Waals surface area contributed by atoms with Gasteiger partial charge in [0, 0.05) is 0 Å². The van der Waals surface area contributed by atoms with Crippen LogP contribution in [0.5, 0.6) is 5.75 Å². The molecule has 0 radical (unpaired) electrons. The number of nitrogens with one attached hydrogen (secondary N) is 1. The molecule has 0 aliphatic carbocycles. The number of aliphatic imine (C=N–C) groups is 1. The number of guanidine groups is 2. The van der Waals surface area contributed by atoms with E-state index in [0.717, 1.165) is 12.1 Å². The lowest BCUT2D eigenvalue weighted by Gasteiger charge is -2.07. The van der Waals surface area contributed by atoms with Crippen LogP contribution in [0.15, 0.2) is 29.3 Å². The summed E-state index contributed by atoms with van der Waals surface area (Å²) in [5.74, 6) is -0.578. The average molecular weight is 298 g/mol. The van der Waals surface area contributed by atoms with Gasteiger partial charge in [0.15, 0.2) is 0 Å². The molecule has 0 heterocycles. The zero-order valence-electron chi connectivity index (χ0n) is 9.41. The topological polar surface area (TPSA) is 114 Å². The van der Waals surface area contributed by atoms with Crippen LogP contribution in [0.25, 0.3) is 0 Å². The summed E-state index contributed by atoms with van der Waals surface area (Å²) in [5, 5.41) is 0. The van der Waals surface area contributed by atoms with Crippen molar-refractivity contribution in [1.29, 1.82) is 0 Å². The second-order valence-electron chi connectivity index (χ2n) is 3.12. The highest BCUT2D eigenvalue weighted by molar-refractivity contribution is 5.79. The van der Waals surface area contributed by atoms with Gasteiger partial charge in [0.25, 0.3) is 5.96 Å². The summed E-state index contributed by atoms with van der Waals surface area (Å²) in [6.07, 6.45) is -4.73. The van der Waals surface area contributed by atoms with Crippen molar-refractivity contribution in [2.24, 2.45) is 22.2 Å². The van der Waals surface area contributed by atoms with E-state index < -0.39 is 6.36 Å². The van der Waals surface area contributed by atoms with Crippen molar-refractivity contribution in [1.82, 2.24) is 0 Å². The van der Waals surface area contributed by atoms with Crippen LogP contribution in [0.3, 0.4) is 0 Å². The first-order valence-corrected chi connectivity index (χ1v) is 4.61. The molecular weight excluding hydrogens is 287 g/mol. The molecule has 0 saturated carbocycles. The number of halogens is 4. The van der Waals surface area contributed by atoms with Gasteiger partial charge >= 0.3 is 12.3 Å². The van der Waals surface area contributed by atoms with E-state index in [4.69, 9.17) is 17.2 Å². The average Bonchev–Trinajstić information content (AvgIpc) is 2.17. The molecule has 0 atom stereocenters. The Hall–Kier alpha value is -2.16.